The van der Waals surface area contributed by atoms with Crippen molar-refractivity contribution in [3.05, 3.63) is 35.9 Å². The van der Waals surface area contributed by atoms with E-state index in [9.17, 15) is 10.2 Å². The monoisotopic (exact) mass is 249 g/mol. The van der Waals surface area contributed by atoms with E-state index in [1.54, 1.807) is 0 Å². The predicted molar refractivity (Wildman–Crippen MR) is 72.2 cm³/mol. The summed E-state index contributed by atoms with van der Waals surface area (Å²) in [7, 11) is 0. The van der Waals surface area contributed by atoms with Crippen molar-refractivity contribution in [3.63, 3.8) is 0 Å². The molecule has 3 heteroatoms. The molecule has 3 N–H and O–H groups in total. The van der Waals surface area contributed by atoms with Crippen molar-refractivity contribution in [3.8, 4) is 0 Å². The fourth-order valence-corrected chi connectivity index (χ4v) is 2.62. The van der Waals surface area contributed by atoms with Crippen molar-refractivity contribution < 1.29 is 10.2 Å². The summed E-state index contributed by atoms with van der Waals surface area (Å²) in [5.74, 6) is 0.402. The Morgan fingerprint density at radius 2 is 2.00 bits per heavy atom. The van der Waals surface area contributed by atoms with Crippen LogP contribution in [0.5, 0.6) is 0 Å². The van der Waals surface area contributed by atoms with E-state index in [1.165, 1.54) is 0 Å². The third kappa shape index (κ3) is 3.80. The van der Waals surface area contributed by atoms with Crippen molar-refractivity contribution in [2.24, 2.45) is 5.92 Å². The van der Waals surface area contributed by atoms with E-state index in [0.717, 1.165) is 37.9 Å². The van der Waals surface area contributed by atoms with Gasteiger partial charge in [-0.15, -0.1) is 0 Å². The van der Waals surface area contributed by atoms with Gasteiger partial charge in [-0.05, 0) is 37.3 Å². The van der Waals surface area contributed by atoms with Crippen LogP contribution < -0.4 is 5.32 Å². The van der Waals surface area contributed by atoms with Gasteiger partial charge in [-0.2, -0.15) is 0 Å². The summed E-state index contributed by atoms with van der Waals surface area (Å²) >= 11 is 0. The Bertz CT molecular complexity index is 342. The van der Waals surface area contributed by atoms with Crippen LogP contribution in [0, 0.1) is 5.92 Å². The van der Waals surface area contributed by atoms with Gasteiger partial charge >= 0.3 is 0 Å². The second kappa shape index (κ2) is 6.88. The average molecular weight is 249 g/mol. The Labute approximate surface area is 109 Å². The Morgan fingerprint density at radius 3 is 2.67 bits per heavy atom. The fourth-order valence-electron chi connectivity index (χ4n) is 2.62. The number of nitrogens with one attached hydrogen (secondary N) is 1. The number of aliphatic hydroxyl groups is 2. The van der Waals surface area contributed by atoms with Gasteiger partial charge in [-0.1, -0.05) is 36.8 Å². The van der Waals surface area contributed by atoms with Crippen LogP contribution in [0.1, 0.15) is 37.4 Å². The molecule has 2 unspecified atom stereocenters. The third-order valence-electron chi connectivity index (χ3n) is 3.80. The topological polar surface area (TPSA) is 52.5 Å². The van der Waals surface area contributed by atoms with Crippen LogP contribution >= 0.6 is 0 Å². The molecule has 3 atom stereocenters. The van der Waals surface area contributed by atoms with E-state index in [1.807, 2.05) is 30.3 Å². The van der Waals surface area contributed by atoms with Crippen molar-refractivity contribution >= 4 is 0 Å². The Kier molecular flexibility index (Phi) is 5.17. The molecule has 3 nitrogen and oxygen atoms in total. The van der Waals surface area contributed by atoms with Gasteiger partial charge in [0.25, 0.3) is 0 Å². The Balaban J connectivity index is 1.63. The molecule has 0 amide bonds. The van der Waals surface area contributed by atoms with E-state index in [0.29, 0.717) is 12.3 Å². The first-order chi connectivity index (χ1) is 8.77. The summed E-state index contributed by atoms with van der Waals surface area (Å²) < 4.78 is 0. The zero-order valence-electron chi connectivity index (χ0n) is 10.8. The summed E-state index contributed by atoms with van der Waals surface area (Å²) in [6, 6.07) is 9.74. The minimum Gasteiger partial charge on any atom is -0.393 e. The molecule has 100 valence electrons. The van der Waals surface area contributed by atoms with Gasteiger partial charge in [0.05, 0.1) is 12.2 Å². The minimum absolute atomic E-state index is 0.128. The normalized spacial score (nSPS) is 25.2. The quantitative estimate of drug-likeness (QED) is 0.675. The number of aliphatic hydroxyl groups excluding tert-OH is 2. The van der Waals surface area contributed by atoms with Crippen LogP contribution in [0.3, 0.4) is 0 Å². The minimum atomic E-state index is -0.396. The van der Waals surface area contributed by atoms with Gasteiger partial charge in [0.1, 0.15) is 0 Å². The summed E-state index contributed by atoms with van der Waals surface area (Å²) in [5, 5.41) is 23.0. The highest BCUT2D eigenvalue weighted by molar-refractivity contribution is 5.17. The SMILES string of the molecule is OC1CCCC1CNCC[C@@H](O)c1ccccc1. The molecule has 1 aromatic carbocycles. The number of benzene rings is 1. The van der Waals surface area contributed by atoms with Crippen molar-refractivity contribution in [1.82, 2.24) is 5.32 Å². The van der Waals surface area contributed by atoms with Crippen LogP contribution in [0.2, 0.25) is 0 Å². The molecule has 0 spiro atoms. The second-order valence-electron chi connectivity index (χ2n) is 5.18. The molecule has 0 radical (unpaired) electrons. The molecule has 1 saturated carbocycles. The summed E-state index contributed by atoms with van der Waals surface area (Å²) in [5.41, 5.74) is 0.972. The number of hydrogen-bond donors (Lipinski definition) is 3. The lowest BCUT2D eigenvalue weighted by Crippen LogP contribution is -2.29. The Morgan fingerprint density at radius 1 is 1.22 bits per heavy atom. The molecule has 1 aliphatic rings. The zero-order chi connectivity index (χ0) is 12.8. The largest absolute Gasteiger partial charge is 0.393 e. The van der Waals surface area contributed by atoms with Gasteiger partial charge in [0.15, 0.2) is 0 Å². The number of hydrogen-bond acceptors (Lipinski definition) is 3. The maximum absolute atomic E-state index is 9.98. The van der Waals surface area contributed by atoms with Crippen molar-refractivity contribution in [2.75, 3.05) is 13.1 Å². The molecular formula is C15H23NO2. The summed E-state index contributed by atoms with van der Waals surface area (Å²) in [4.78, 5) is 0. The first kappa shape index (κ1) is 13.5. The fraction of sp³-hybridized carbons (Fsp3) is 0.600. The highest BCUT2D eigenvalue weighted by atomic mass is 16.3. The molecule has 0 heterocycles. The summed E-state index contributed by atoms with van der Waals surface area (Å²) in [6.45, 7) is 1.65. The van der Waals surface area contributed by atoms with Crippen LogP contribution in [0.4, 0.5) is 0 Å². The zero-order valence-corrected chi connectivity index (χ0v) is 10.8. The molecular weight excluding hydrogens is 226 g/mol. The van der Waals surface area contributed by atoms with E-state index in [2.05, 4.69) is 5.32 Å². The molecule has 18 heavy (non-hydrogen) atoms. The smallest absolute Gasteiger partial charge is 0.0802 e. The standard InChI is InChI=1S/C15H23NO2/c17-14-8-4-7-13(14)11-16-10-9-15(18)12-5-2-1-3-6-12/h1-3,5-6,13-18H,4,7-11H2/t13?,14?,15-/m1/s1. The van der Waals surface area contributed by atoms with Gasteiger partial charge in [0, 0.05) is 6.54 Å². The number of rotatable bonds is 6. The maximum atomic E-state index is 9.98. The highest BCUT2D eigenvalue weighted by Crippen LogP contribution is 2.24. The lowest BCUT2D eigenvalue weighted by Gasteiger charge is -2.16. The molecule has 1 aliphatic carbocycles. The van der Waals surface area contributed by atoms with Crippen LogP contribution in [-0.2, 0) is 0 Å². The van der Waals surface area contributed by atoms with E-state index in [4.69, 9.17) is 0 Å². The maximum Gasteiger partial charge on any atom is 0.0802 e. The van der Waals surface area contributed by atoms with Crippen LogP contribution in [0.25, 0.3) is 0 Å². The van der Waals surface area contributed by atoms with Gasteiger partial charge in [-0.25, -0.2) is 0 Å². The molecule has 0 bridgehead atoms. The van der Waals surface area contributed by atoms with E-state index < -0.39 is 6.10 Å². The molecule has 1 aromatic rings. The van der Waals surface area contributed by atoms with Crippen LogP contribution in [0.15, 0.2) is 30.3 Å². The lowest BCUT2D eigenvalue weighted by atomic mass is 10.1. The molecule has 1 fully saturated rings. The van der Waals surface area contributed by atoms with Crippen molar-refractivity contribution in [2.45, 2.75) is 37.9 Å². The average Bonchev–Trinajstić information content (AvgIpc) is 2.81. The van der Waals surface area contributed by atoms with Crippen LogP contribution in [-0.4, -0.2) is 29.4 Å². The van der Waals surface area contributed by atoms with Gasteiger partial charge in [0.2, 0.25) is 0 Å². The van der Waals surface area contributed by atoms with E-state index >= 15 is 0 Å². The molecule has 0 saturated heterocycles. The highest BCUT2D eigenvalue weighted by Gasteiger charge is 2.24. The molecule has 0 aromatic heterocycles. The van der Waals surface area contributed by atoms with E-state index in [-0.39, 0.29) is 6.10 Å². The first-order valence-corrected chi connectivity index (χ1v) is 6.89. The lowest BCUT2D eigenvalue weighted by molar-refractivity contribution is 0.129. The van der Waals surface area contributed by atoms with Gasteiger partial charge in [-0.3, -0.25) is 0 Å². The predicted octanol–water partition coefficient (Wildman–Crippen LogP) is 1.86. The molecule has 2 rings (SSSR count). The first-order valence-electron chi connectivity index (χ1n) is 6.89. The van der Waals surface area contributed by atoms with Gasteiger partial charge < -0.3 is 15.5 Å². The van der Waals surface area contributed by atoms with Crippen molar-refractivity contribution in [1.29, 1.82) is 0 Å². The molecule has 0 aliphatic heterocycles. The summed E-state index contributed by atoms with van der Waals surface area (Å²) in [6.07, 6.45) is 3.39. The third-order valence-corrected chi connectivity index (χ3v) is 3.80. The second-order valence-corrected chi connectivity index (χ2v) is 5.18. The Hall–Kier alpha value is -0.900.